The van der Waals surface area contributed by atoms with E-state index in [0.717, 1.165) is 24.5 Å². The first-order valence-corrected chi connectivity index (χ1v) is 6.33. The second-order valence-electron chi connectivity index (χ2n) is 4.66. The molecule has 2 aliphatic rings. The van der Waals surface area contributed by atoms with E-state index < -0.39 is 0 Å². The number of morpholine rings is 1. The SMILES string of the molecule is S=c1[nH]ccn1CC1CN2CCCC2CO1. The van der Waals surface area contributed by atoms with Crippen molar-refractivity contribution < 1.29 is 4.74 Å². The molecule has 0 aromatic carbocycles. The Hall–Kier alpha value is -0.650. The minimum absolute atomic E-state index is 0.289. The van der Waals surface area contributed by atoms with Gasteiger partial charge >= 0.3 is 0 Å². The van der Waals surface area contributed by atoms with Crippen LogP contribution in [0.25, 0.3) is 0 Å². The molecule has 1 N–H and O–H groups in total. The minimum Gasteiger partial charge on any atom is -0.373 e. The average molecular weight is 239 g/mol. The molecule has 2 saturated heterocycles. The van der Waals surface area contributed by atoms with Gasteiger partial charge in [0, 0.05) is 25.0 Å². The lowest BCUT2D eigenvalue weighted by atomic mass is 10.2. The highest BCUT2D eigenvalue weighted by Gasteiger charge is 2.32. The number of H-pyrrole nitrogens is 1. The Bertz CT molecular complexity index is 413. The van der Waals surface area contributed by atoms with E-state index in [4.69, 9.17) is 17.0 Å². The zero-order valence-corrected chi connectivity index (χ0v) is 10.1. The second kappa shape index (κ2) is 4.31. The Morgan fingerprint density at radius 2 is 2.50 bits per heavy atom. The Morgan fingerprint density at radius 3 is 3.31 bits per heavy atom. The Balaban J connectivity index is 1.64. The lowest BCUT2D eigenvalue weighted by molar-refractivity contribution is -0.0553. The Kier molecular flexibility index (Phi) is 2.83. The maximum absolute atomic E-state index is 5.90. The molecule has 0 saturated carbocycles. The van der Waals surface area contributed by atoms with Gasteiger partial charge in [0.25, 0.3) is 0 Å². The van der Waals surface area contributed by atoms with Gasteiger partial charge in [-0.1, -0.05) is 0 Å². The summed E-state index contributed by atoms with van der Waals surface area (Å²) in [5.41, 5.74) is 0. The van der Waals surface area contributed by atoms with Crippen molar-refractivity contribution in [3.63, 3.8) is 0 Å². The van der Waals surface area contributed by atoms with Crippen molar-refractivity contribution >= 4 is 12.2 Å². The molecule has 2 aliphatic heterocycles. The van der Waals surface area contributed by atoms with Crippen LogP contribution in [0, 0.1) is 4.77 Å². The van der Waals surface area contributed by atoms with Gasteiger partial charge in [-0.3, -0.25) is 4.90 Å². The molecule has 2 fully saturated rings. The summed E-state index contributed by atoms with van der Waals surface area (Å²) < 4.78 is 8.73. The van der Waals surface area contributed by atoms with Crippen LogP contribution in [0.2, 0.25) is 0 Å². The summed E-state index contributed by atoms with van der Waals surface area (Å²) in [7, 11) is 0. The third-order valence-electron chi connectivity index (χ3n) is 3.58. The fraction of sp³-hybridized carbons (Fsp3) is 0.727. The predicted octanol–water partition coefficient (Wildman–Crippen LogP) is 1.41. The van der Waals surface area contributed by atoms with Crippen molar-refractivity contribution in [1.82, 2.24) is 14.5 Å². The number of hydrogen-bond donors (Lipinski definition) is 1. The van der Waals surface area contributed by atoms with E-state index in [1.807, 2.05) is 12.4 Å². The predicted molar refractivity (Wildman–Crippen MR) is 64.0 cm³/mol. The van der Waals surface area contributed by atoms with Crippen molar-refractivity contribution in [3.05, 3.63) is 17.2 Å². The topological polar surface area (TPSA) is 33.2 Å². The van der Waals surface area contributed by atoms with E-state index in [1.54, 1.807) is 0 Å². The van der Waals surface area contributed by atoms with E-state index >= 15 is 0 Å². The molecular formula is C11H17N3OS. The highest BCUT2D eigenvalue weighted by Crippen LogP contribution is 2.23. The molecule has 2 unspecified atom stereocenters. The molecule has 0 aliphatic carbocycles. The molecular weight excluding hydrogens is 222 g/mol. The van der Waals surface area contributed by atoms with Gasteiger partial charge in [0.2, 0.25) is 0 Å². The van der Waals surface area contributed by atoms with Gasteiger partial charge in [0.1, 0.15) is 0 Å². The zero-order chi connectivity index (χ0) is 11.0. The molecule has 88 valence electrons. The van der Waals surface area contributed by atoms with Crippen LogP contribution in [-0.2, 0) is 11.3 Å². The largest absolute Gasteiger partial charge is 0.373 e. The number of imidazole rings is 1. The molecule has 3 rings (SSSR count). The molecule has 0 amide bonds. The Morgan fingerprint density at radius 1 is 1.56 bits per heavy atom. The van der Waals surface area contributed by atoms with Gasteiger partial charge in [-0.15, -0.1) is 0 Å². The summed E-state index contributed by atoms with van der Waals surface area (Å²) >= 11 is 5.19. The van der Waals surface area contributed by atoms with E-state index in [2.05, 4.69) is 14.5 Å². The lowest BCUT2D eigenvalue weighted by Gasteiger charge is -2.35. The molecule has 5 heteroatoms. The molecule has 0 radical (unpaired) electrons. The van der Waals surface area contributed by atoms with Gasteiger partial charge in [-0.2, -0.15) is 0 Å². The van der Waals surface area contributed by atoms with Gasteiger partial charge in [0.05, 0.1) is 19.3 Å². The summed E-state index contributed by atoms with van der Waals surface area (Å²) in [4.78, 5) is 5.57. The van der Waals surface area contributed by atoms with E-state index in [0.29, 0.717) is 6.04 Å². The van der Waals surface area contributed by atoms with Crippen LogP contribution in [0.15, 0.2) is 12.4 Å². The third-order valence-corrected chi connectivity index (χ3v) is 3.94. The molecule has 1 aromatic heterocycles. The number of aromatic nitrogens is 2. The van der Waals surface area contributed by atoms with Crippen LogP contribution < -0.4 is 0 Å². The summed E-state index contributed by atoms with van der Waals surface area (Å²) in [6.07, 6.45) is 6.78. The monoisotopic (exact) mass is 239 g/mol. The lowest BCUT2D eigenvalue weighted by Crippen LogP contribution is -2.47. The number of nitrogens with zero attached hydrogens (tertiary/aromatic N) is 2. The van der Waals surface area contributed by atoms with Crippen LogP contribution in [0.4, 0.5) is 0 Å². The maximum Gasteiger partial charge on any atom is 0.177 e. The molecule has 3 heterocycles. The molecule has 4 nitrogen and oxygen atoms in total. The first kappa shape index (κ1) is 10.5. The number of ether oxygens (including phenoxy) is 1. The molecule has 1 aromatic rings. The van der Waals surface area contributed by atoms with E-state index in [9.17, 15) is 0 Å². The molecule has 2 atom stereocenters. The van der Waals surface area contributed by atoms with Crippen molar-refractivity contribution in [2.24, 2.45) is 0 Å². The van der Waals surface area contributed by atoms with Crippen molar-refractivity contribution in [2.45, 2.75) is 31.5 Å². The zero-order valence-electron chi connectivity index (χ0n) is 9.26. The van der Waals surface area contributed by atoms with Crippen molar-refractivity contribution in [3.8, 4) is 0 Å². The number of hydrogen-bond acceptors (Lipinski definition) is 3. The molecule has 16 heavy (non-hydrogen) atoms. The second-order valence-corrected chi connectivity index (χ2v) is 5.05. The van der Waals surface area contributed by atoms with E-state index in [-0.39, 0.29) is 6.10 Å². The van der Waals surface area contributed by atoms with Gasteiger partial charge in [-0.25, -0.2) is 0 Å². The number of nitrogens with one attached hydrogen (secondary N) is 1. The van der Waals surface area contributed by atoms with E-state index in [1.165, 1.54) is 19.4 Å². The normalized spacial score (nSPS) is 30.5. The molecule has 0 bridgehead atoms. The van der Waals surface area contributed by atoms with Crippen LogP contribution in [-0.4, -0.2) is 46.3 Å². The molecule has 0 spiro atoms. The van der Waals surface area contributed by atoms with Crippen LogP contribution in [0.3, 0.4) is 0 Å². The highest BCUT2D eigenvalue weighted by atomic mass is 32.1. The smallest absolute Gasteiger partial charge is 0.177 e. The minimum atomic E-state index is 0.289. The summed E-state index contributed by atoms with van der Waals surface area (Å²) in [6, 6.07) is 0.676. The number of rotatable bonds is 2. The first-order chi connectivity index (χ1) is 7.83. The van der Waals surface area contributed by atoms with Crippen molar-refractivity contribution in [1.29, 1.82) is 0 Å². The Labute approximate surface area is 100 Å². The summed E-state index contributed by atoms with van der Waals surface area (Å²) in [6.45, 7) is 4.05. The fourth-order valence-electron chi connectivity index (χ4n) is 2.71. The number of fused-ring (bicyclic) bond motifs is 1. The summed E-state index contributed by atoms with van der Waals surface area (Å²) in [5.74, 6) is 0. The van der Waals surface area contributed by atoms with Crippen LogP contribution in [0.5, 0.6) is 0 Å². The highest BCUT2D eigenvalue weighted by molar-refractivity contribution is 7.71. The van der Waals surface area contributed by atoms with Crippen molar-refractivity contribution in [2.75, 3.05) is 19.7 Å². The maximum atomic E-state index is 5.90. The summed E-state index contributed by atoms with van der Waals surface area (Å²) in [5, 5.41) is 0. The quantitative estimate of drug-likeness (QED) is 0.792. The standard InChI is InChI=1S/C11H17N3OS/c16-11-12-3-5-14(11)7-10-6-13-4-1-2-9(13)8-15-10/h3,5,9-10H,1-2,4,6-8H2,(H,12,16). The fourth-order valence-corrected chi connectivity index (χ4v) is 2.91. The third kappa shape index (κ3) is 1.95. The van der Waals surface area contributed by atoms with Gasteiger partial charge in [0.15, 0.2) is 4.77 Å². The van der Waals surface area contributed by atoms with Crippen LogP contribution >= 0.6 is 12.2 Å². The first-order valence-electron chi connectivity index (χ1n) is 5.92. The van der Waals surface area contributed by atoms with Gasteiger partial charge in [-0.05, 0) is 31.6 Å². The van der Waals surface area contributed by atoms with Crippen LogP contribution in [0.1, 0.15) is 12.8 Å². The average Bonchev–Trinajstić information content (AvgIpc) is 2.88. The van der Waals surface area contributed by atoms with Gasteiger partial charge < -0.3 is 14.3 Å². The number of aromatic amines is 1.